The standard InChI is InChI=1S/C14H13N3O/c1-17-12(10-6-4-3-5-7-10)8-11-13(17)15-9-16-14(11)18-2/h3-9H,1-2H3. The van der Waals surface area contributed by atoms with E-state index in [4.69, 9.17) is 4.74 Å². The van der Waals surface area contributed by atoms with Crippen LogP contribution >= 0.6 is 0 Å². The zero-order chi connectivity index (χ0) is 12.5. The fraction of sp³-hybridized carbons (Fsp3) is 0.143. The van der Waals surface area contributed by atoms with Gasteiger partial charge in [-0.2, -0.15) is 0 Å². The molecule has 0 bridgehead atoms. The Balaban J connectivity index is 2.29. The molecular weight excluding hydrogens is 226 g/mol. The summed E-state index contributed by atoms with van der Waals surface area (Å²) in [6, 6.07) is 12.3. The molecule has 0 saturated heterocycles. The molecule has 0 N–H and O–H groups in total. The van der Waals surface area contributed by atoms with Crippen LogP contribution in [0.1, 0.15) is 0 Å². The molecule has 2 heterocycles. The summed E-state index contributed by atoms with van der Waals surface area (Å²) in [5.74, 6) is 0.609. The predicted octanol–water partition coefficient (Wildman–Crippen LogP) is 2.64. The van der Waals surface area contributed by atoms with Crippen molar-refractivity contribution in [1.82, 2.24) is 14.5 Å². The number of hydrogen-bond donors (Lipinski definition) is 0. The molecule has 0 amide bonds. The first-order chi connectivity index (χ1) is 8.81. The molecule has 0 saturated carbocycles. The second-order valence-electron chi connectivity index (χ2n) is 4.07. The third-order valence-electron chi connectivity index (χ3n) is 3.05. The minimum absolute atomic E-state index is 0.609. The minimum atomic E-state index is 0.609. The van der Waals surface area contributed by atoms with Crippen molar-refractivity contribution in [2.24, 2.45) is 7.05 Å². The highest BCUT2D eigenvalue weighted by Crippen LogP contribution is 2.29. The van der Waals surface area contributed by atoms with Gasteiger partial charge in [-0.25, -0.2) is 9.97 Å². The number of fused-ring (bicyclic) bond motifs is 1. The van der Waals surface area contributed by atoms with Gasteiger partial charge in [-0.1, -0.05) is 30.3 Å². The average Bonchev–Trinajstić information content (AvgIpc) is 2.77. The summed E-state index contributed by atoms with van der Waals surface area (Å²) >= 11 is 0. The van der Waals surface area contributed by atoms with Gasteiger partial charge in [0.05, 0.1) is 18.2 Å². The van der Waals surface area contributed by atoms with Gasteiger partial charge in [0.2, 0.25) is 5.88 Å². The maximum atomic E-state index is 5.27. The minimum Gasteiger partial charge on any atom is -0.480 e. The lowest BCUT2D eigenvalue weighted by molar-refractivity contribution is 0.402. The van der Waals surface area contributed by atoms with Gasteiger partial charge in [0, 0.05) is 7.05 Å². The smallest absolute Gasteiger partial charge is 0.225 e. The van der Waals surface area contributed by atoms with Crippen molar-refractivity contribution < 1.29 is 4.74 Å². The monoisotopic (exact) mass is 239 g/mol. The van der Waals surface area contributed by atoms with Gasteiger partial charge in [0.15, 0.2) is 0 Å². The van der Waals surface area contributed by atoms with Gasteiger partial charge in [0.1, 0.15) is 12.0 Å². The van der Waals surface area contributed by atoms with E-state index in [-0.39, 0.29) is 0 Å². The number of hydrogen-bond acceptors (Lipinski definition) is 3. The summed E-state index contributed by atoms with van der Waals surface area (Å²) in [4.78, 5) is 8.43. The van der Waals surface area contributed by atoms with Crippen LogP contribution in [0.2, 0.25) is 0 Å². The van der Waals surface area contributed by atoms with Crippen molar-refractivity contribution in [3.05, 3.63) is 42.7 Å². The second kappa shape index (κ2) is 4.14. The van der Waals surface area contributed by atoms with Crippen LogP contribution in [0.3, 0.4) is 0 Å². The third-order valence-corrected chi connectivity index (χ3v) is 3.05. The third kappa shape index (κ3) is 1.54. The number of benzene rings is 1. The second-order valence-corrected chi connectivity index (χ2v) is 4.07. The van der Waals surface area contributed by atoms with E-state index in [0.717, 1.165) is 22.3 Å². The summed E-state index contributed by atoms with van der Waals surface area (Å²) in [6.45, 7) is 0. The number of methoxy groups -OCH3 is 1. The Kier molecular flexibility index (Phi) is 2.48. The normalized spacial score (nSPS) is 10.8. The van der Waals surface area contributed by atoms with E-state index in [9.17, 15) is 0 Å². The van der Waals surface area contributed by atoms with E-state index in [0.29, 0.717) is 5.88 Å². The van der Waals surface area contributed by atoms with Crippen LogP contribution in [-0.2, 0) is 7.05 Å². The van der Waals surface area contributed by atoms with Crippen molar-refractivity contribution in [3.63, 3.8) is 0 Å². The lowest BCUT2D eigenvalue weighted by atomic mass is 10.1. The van der Waals surface area contributed by atoms with E-state index in [1.807, 2.05) is 25.2 Å². The highest BCUT2D eigenvalue weighted by atomic mass is 16.5. The molecule has 0 aliphatic heterocycles. The molecule has 0 fully saturated rings. The van der Waals surface area contributed by atoms with Crippen LogP contribution < -0.4 is 4.74 Å². The predicted molar refractivity (Wildman–Crippen MR) is 70.5 cm³/mol. The van der Waals surface area contributed by atoms with Gasteiger partial charge in [-0.05, 0) is 11.6 Å². The summed E-state index contributed by atoms with van der Waals surface area (Å²) in [5, 5.41) is 0.932. The molecule has 0 atom stereocenters. The van der Waals surface area contributed by atoms with Crippen molar-refractivity contribution in [1.29, 1.82) is 0 Å². The molecule has 18 heavy (non-hydrogen) atoms. The van der Waals surface area contributed by atoms with E-state index in [2.05, 4.69) is 32.7 Å². The summed E-state index contributed by atoms with van der Waals surface area (Å²) in [6.07, 6.45) is 1.52. The Morgan fingerprint density at radius 3 is 2.61 bits per heavy atom. The first-order valence-corrected chi connectivity index (χ1v) is 5.71. The first-order valence-electron chi connectivity index (χ1n) is 5.71. The highest BCUT2D eigenvalue weighted by molar-refractivity contribution is 5.87. The molecule has 4 heteroatoms. The Morgan fingerprint density at radius 1 is 1.11 bits per heavy atom. The number of nitrogens with zero attached hydrogens (tertiary/aromatic N) is 3. The average molecular weight is 239 g/mol. The van der Waals surface area contributed by atoms with Crippen LogP contribution in [0.25, 0.3) is 22.3 Å². The van der Waals surface area contributed by atoms with Gasteiger partial charge in [-0.3, -0.25) is 0 Å². The first kappa shape index (κ1) is 10.8. The summed E-state index contributed by atoms with van der Waals surface area (Å²) < 4.78 is 7.32. The fourth-order valence-electron chi connectivity index (χ4n) is 2.16. The Bertz CT molecular complexity index is 689. The Morgan fingerprint density at radius 2 is 1.89 bits per heavy atom. The highest BCUT2D eigenvalue weighted by Gasteiger charge is 2.12. The number of aromatic nitrogens is 3. The number of aryl methyl sites for hydroxylation is 1. The zero-order valence-electron chi connectivity index (χ0n) is 10.3. The largest absolute Gasteiger partial charge is 0.480 e. The molecule has 0 radical (unpaired) electrons. The maximum Gasteiger partial charge on any atom is 0.225 e. The molecule has 3 aromatic rings. The van der Waals surface area contributed by atoms with Crippen LogP contribution in [0.5, 0.6) is 5.88 Å². The lowest BCUT2D eigenvalue weighted by Gasteiger charge is -2.03. The summed E-state index contributed by atoms with van der Waals surface area (Å²) in [7, 11) is 3.62. The molecule has 1 aromatic carbocycles. The fourth-order valence-corrected chi connectivity index (χ4v) is 2.16. The Hall–Kier alpha value is -2.36. The lowest BCUT2D eigenvalue weighted by Crippen LogP contribution is -1.94. The topological polar surface area (TPSA) is 39.9 Å². The maximum absolute atomic E-state index is 5.27. The molecule has 0 aliphatic rings. The van der Waals surface area contributed by atoms with Gasteiger partial charge in [0.25, 0.3) is 0 Å². The van der Waals surface area contributed by atoms with E-state index in [1.54, 1.807) is 7.11 Å². The zero-order valence-corrected chi connectivity index (χ0v) is 10.3. The van der Waals surface area contributed by atoms with Crippen molar-refractivity contribution in [3.8, 4) is 17.1 Å². The molecule has 2 aromatic heterocycles. The van der Waals surface area contributed by atoms with Crippen LogP contribution in [0, 0.1) is 0 Å². The van der Waals surface area contributed by atoms with Crippen LogP contribution in [0.4, 0.5) is 0 Å². The SMILES string of the molecule is COc1ncnc2c1cc(-c1ccccc1)n2C. The van der Waals surface area contributed by atoms with Crippen molar-refractivity contribution >= 4 is 11.0 Å². The van der Waals surface area contributed by atoms with Gasteiger partial charge in [-0.15, -0.1) is 0 Å². The van der Waals surface area contributed by atoms with E-state index < -0.39 is 0 Å². The molecule has 0 spiro atoms. The van der Waals surface area contributed by atoms with Gasteiger partial charge < -0.3 is 9.30 Å². The molecular formula is C14H13N3O. The van der Waals surface area contributed by atoms with Crippen molar-refractivity contribution in [2.75, 3.05) is 7.11 Å². The quantitative estimate of drug-likeness (QED) is 0.690. The van der Waals surface area contributed by atoms with Crippen molar-refractivity contribution in [2.45, 2.75) is 0 Å². The van der Waals surface area contributed by atoms with Crippen LogP contribution in [0.15, 0.2) is 42.7 Å². The van der Waals surface area contributed by atoms with E-state index in [1.165, 1.54) is 6.33 Å². The Labute approximate surface area is 105 Å². The molecule has 4 nitrogen and oxygen atoms in total. The van der Waals surface area contributed by atoms with Crippen LogP contribution in [-0.4, -0.2) is 21.6 Å². The summed E-state index contributed by atoms with van der Waals surface area (Å²) in [5.41, 5.74) is 3.13. The molecule has 0 unspecified atom stereocenters. The molecule has 0 aliphatic carbocycles. The number of ether oxygens (including phenoxy) is 1. The van der Waals surface area contributed by atoms with E-state index >= 15 is 0 Å². The molecule has 90 valence electrons. The molecule has 3 rings (SSSR count). The van der Waals surface area contributed by atoms with Gasteiger partial charge >= 0.3 is 0 Å². The number of rotatable bonds is 2.